The summed E-state index contributed by atoms with van der Waals surface area (Å²) in [5.74, 6) is 0.0362. The van der Waals surface area contributed by atoms with E-state index in [-0.39, 0.29) is 5.91 Å². The molecule has 0 unspecified atom stereocenters. The quantitative estimate of drug-likeness (QED) is 0.869. The summed E-state index contributed by atoms with van der Waals surface area (Å²) in [5.41, 5.74) is 6.99. The molecule has 1 fully saturated rings. The highest BCUT2D eigenvalue weighted by molar-refractivity contribution is 9.10. The van der Waals surface area contributed by atoms with Crippen molar-refractivity contribution in [2.75, 3.05) is 25.4 Å². The van der Waals surface area contributed by atoms with Crippen molar-refractivity contribution in [3.8, 4) is 0 Å². The monoisotopic (exact) mass is 326 g/mol. The Hall–Kier alpha value is -1.07. The topological polar surface area (TPSA) is 55.6 Å². The van der Waals surface area contributed by atoms with Crippen LogP contribution in [0.15, 0.2) is 22.7 Å². The Bertz CT molecular complexity index is 457. The number of benzene rings is 1. The summed E-state index contributed by atoms with van der Waals surface area (Å²) in [5, 5.41) is 0. The van der Waals surface area contributed by atoms with E-state index in [0.717, 1.165) is 37.0 Å². The zero-order chi connectivity index (χ0) is 13.8. The molecule has 2 rings (SSSR count). The largest absolute Gasteiger partial charge is 0.399 e. The molecule has 1 aliphatic rings. The third-order valence-corrected chi connectivity index (χ3v) is 4.04. The van der Waals surface area contributed by atoms with E-state index in [1.165, 1.54) is 0 Å². The number of nitrogen functional groups attached to an aromatic ring is 1. The first kappa shape index (κ1) is 14.3. The molecule has 0 spiro atoms. The minimum atomic E-state index is 0.0362. The van der Waals surface area contributed by atoms with Crippen LogP contribution in [0.25, 0.3) is 0 Å². The first-order valence-electron chi connectivity index (χ1n) is 6.57. The van der Waals surface area contributed by atoms with E-state index in [1.807, 2.05) is 17.9 Å². The highest BCUT2D eigenvalue weighted by atomic mass is 79.9. The minimum Gasteiger partial charge on any atom is -0.399 e. The zero-order valence-corrected chi connectivity index (χ0v) is 12.6. The lowest BCUT2D eigenvalue weighted by Gasteiger charge is -2.32. The second-order valence-corrected chi connectivity index (χ2v) is 5.54. The number of hydrogen-bond acceptors (Lipinski definition) is 3. The minimum absolute atomic E-state index is 0.0362. The van der Waals surface area contributed by atoms with Gasteiger partial charge in [-0.2, -0.15) is 0 Å². The predicted octanol–water partition coefficient (Wildman–Crippen LogP) is 2.67. The summed E-state index contributed by atoms with van der Waals surface area (Å²) in [4.78, 5) is 14.3. The van der Waals surface area contributed by atoms with Crippen LogP contribution in [0.4, 0.5) is 5.69 Å². The van der Waals surface area contributed by atoms with Gasteiger partial charge in [0.15, 0.2) is 0 Å². The molecule has 19 heavy (non-hydrogen) atoms. The van der Waals surface area contributed by atoms with Gasteiger partial charge in [0.25, 0.3) is 5.91 Å². The highest BCUT2D eigenvalue weighted by Crippen LogP contribution is 2.23. The van der Waals surface area contributed by atoms with E-state index in [9.17, 15) is 4.79 Å². The Labute approximate surface area is 122 Å². The van der Waals surface area contributed by atoms with Crippen molar-refractivity contribution in [1.29, 1.82) is 0 Å². The number of ether oxygens (including phenoxy) is 1. The number of piperidine rings is 1. The van der Waals surface area contributed by atoms with Crippen LogP contribution in [0.1, 0.15) is 30.1 Å². The third-order valence-electron chi connectivity index (χ3n) is 3.35. The van der Waals surface area contributed by atoms with Crippen molar-refractivity contribution in [2.45, 2.75) is 25.9 Å². The average Bonchev–Trinajstić information content (AvgIpc) is 2.42. The first-order valence-corrected chi connectivity index (χ1v) is 7.37. The number of nitrogens with two attached hydrogens (primary N) is 1. The van der Waals surface area contributed by atoms with Crippen molar-refractivity contribution < 1.29 is 9.53 Å². The number of likely N-dealkylation sites (tertiary alicyclic amines) is 1. The molecule has 0 saturated carbocycles. The summed E-state index contributed by atoms with van der Waals surface area (Å²) >= 11 is 3.41. The molecule has 0 aliphatic carbocycles. The Balaban J connectivity index is 2.03. The van der Waals surface area contributed by atoms with E-state index in [4.69, 9.17) is 10.5 Å². The number of carbonyl (C=O) groups is 1. The molecule has 0 bridgehead atoms. The van der Waals surface area contributed by atoms with Crippen LogP contribution in [0, 0.1) is 0 Å². The molecule has 0 aromatic heterocycles. The molecular formula is C14H19BrN2O2. The number of halogens is 1. The average molecular weight is 327 g/mol. The van der Waals surface area contributed by atoms with E-state index < -0.39 is 0 Å². The van der Waals surface area contributed by atoms with Crippen LogP contribution in [-0.2, 0) is 4.74 Å². The van der Waals surface area contributed by atoms with E-state index in [2.05, 4.69) is 15.9 Å². The Morgan fingerprint density at radius 2 is 2.16 bits per heavy atom. The molecule has 1 aromatic carbocycles. The summed E-state index contributed by atoms with van der Waals surface area (Å²) in [6, 6.07) is 5.32. The molecule has 1 amide bonds. The lowest BCUT2D eigenvalue weighted by Crippen LogP contribution is -2.41. The van der Waals surface area contributed by atoms with Crippen LogP contribution in [-0.4, -0.2) is 36.6 Å². The molecule has 104 valence electrons. The van der Waals surface area contributed by atoms with Crippen LogP contribution in [0.2, 0.25) is 0 Å². The van der Waals surface area contributed by atoms with Crippen LogP contribution in [0.3, 0.4) is 0 Å². The lowest BCUT2D eigenvalue weighted by atomic mass is 10.1. The van der Waals surface area contributed by atoms with Crippen molar-refractivity contribution in [3.63, 3.8) is 0 Å². The van der Waals surface area contributed by atoms with E-state index >= 15 is 0 Å². The summed E-state index contributed by atoms with van der Waals surface area (Å²) in [7, 11) is 0. The van der Waals surface area contributed by atoms with Crippen molar-refractivity contribution in [3.05, 3.63) is 28.2 Å². The SMILES string of the molecule is CCOC1CCN(C(=O)c2cc(N)ccc2Br)CC1. The fourth-order valence-electron chi connectivity index (χ4n) is 2.34. The molecule has 2 N–H and O–H groups in total. The maximum Gasteiger partial charge on any atom is 0.255 e. The Morgan fingerprint density at radius 1 is 1.47 bits per heavy atom. The molecule has 1 heterocycles. The second-order valence-electron chi connectivity index (χ2n) is 4.69. The molecule has 5 heteroatoms. The van der Waals surface area contributed by atoms with Crippen LogP contribution < -0.4 is 5.73 Å². The number of amides is 1. The van der Waals surface area contributed by atoms with Gasteiger partial charge in [0, 0.05) is 29.9 Å². The van der Waals surface area contributed by atoms with Gasteiger partial charge in [-0.15, -0.1) is 0 Å². The van der Waals surface area contributed by atoms with Crippen molar-refractivity contribution >= 4 is 27.5 Å². The zero-order valence-electron chi connectivity index (χ0n) is 11.1. The number of rotatable bonds is 3. The Morgan fingerprint density at radius 3 is 2.79 bits per heavy atom. The standard InChI is InChI=1S/C14H19BrN2O2/c1-2-19-11-5-7-17(8-6-11)14(18)12-9-10(16)3-4-13(12)15/h3-4,9,11H,2,5-8,16H2,1H3. The molecule has 1 saturated heterocycles. The van der Waals surface area contributed by atoms with Gasteiger partial charge in [-0.05, 0) is 53.9 Å². The molecule has 1 aromatic rings. The van der Waals surface area contributed by atoms with Gasteiger partial charge in [-0.1, -0.05) is 0 Å². The van der Waals surface area contributed by atoms with Crippen molar-refractivity contribution in [1.82, 2.24) is 4.90 Å². The molecule has 1 aliphatic heterocycles. The number of nitrogens with zero attached hydrogens (tertiary/aromatic N) is 1. The van der Waals surface area contributed by atoms with Gasteiger partial charge in [0.1, 0.15) is 0 Å². The first-order chi connectivity index (χ1) is 9.11. The molecule has 4 nitrogen and oxygen atoms in total. The normalized spacial score (nSPS) is 16.6. The lowest BCUT2D eigenvalue weighted by molar-refractivity contribution is 0.0146. The molecular weight excluding hydrogens is 308 g/mol. The fraction of sp³-hybridized carbons (Fsp3) is 0.500. The van der Waals surface area contributed by atoms with Crippen LogP contribution >= 0.6 is 15.9 Å². The fourth-order valence-corrected chi connectivity index (χ4v) is 2.75. The maximum atomic E-state index is 12.4. The summed E-state index contributed by atoms with van der Waals surface area (Å²) < 4.78 is 6.38. The van der Waals surface area contributed by atoms with Gasteiger partial charge < -0.3 is 15.4 Å². The van der Waals surface area contributed by atoms with Gasteiger partial charge in [0.05, 0.1) is 11.7 Å². The number of carbonyl (C=O) groups excluding carboxylic acids is 1. The van der Waals surface area contributed by atoms with Gasteiger partial charge in [0.2, 0.25) is 0 Å². The van der Waals surface area contributed by atoms with Gasteiger partial charge >= 0.3 is 0 Å². The summed E-state index contributed by atoms with van der Waals surface area (Å²) in [6.45, 7) is 4.22. The predicted molar refractivity (Wildman–Crippen MR) is 79.1 cm³/mol. The second kappa shape index (κ2) is 6.39. The molecule has 0 radical (unpaired) electrons. The molecule has 0 atom stereocenters. The number of hydrogen-bond donors (Lipinski definition) is 1. The third kappa shape index (κ3) is 3.48. The highest BCUT2D eigenvalue weighted by Gasteiger charge is 2.24. The smallest absolute Gasteiger partial charge is 0.255 e. The maximum absolute atomic E-state index is 12.4. The van der Waals surface area contributed by atoms with Gasteiger partial charge in [-0.25, -0.2) is 0 Å². The van der Waals surface area contributed by atoms with Crippen molar-refractivity contribution in [2.24, 2.45) is 0 Å². The number of anilines is 1. The van der Waals surface area contributed by atoms with E-state index in [1.54, 1.807) is 12.1 Å². The summed E-state index contributed by atoms with van der Waals surface area (Å²) in [6.07, 6.45) is 2.09. The van der Waals surface area contributed by atoms with E-state index in [0.29, 0.717) is 17.4 Å². The van der Waals surface area contributed by atoms with Crippen LogP contribution in [0.5, 0.6) is 0 Å². The van der Waals surface area contributed by atoms with Gasteiger partial charge in [-0.3, -0.25) is 4.79 Å². The Kier molecular flexibility index (Phi) is 4.82.